The average Bonchev–Trinajstić information content (AvgIpc) is 2.50. The molecule has 1 saturated carbocycles. The largest absolute Gasteiger partial charge is 0.392 e. The Bertz CT molecular complexity index is 184. The minimum Gasteiger partial charge on any atom is -0.392 e. The highest BCUT2D eigenvalue weighted by Crippen LogP contribution is 2.18. The molecule has 3 atom stereocenters. The number of aliphatic hydroxyl groups is 1. The number of hydrogen-bond acceptors (Lipinski definition) is 3. The lowest BCUT2D eigenvalue weighted by Gasteiger charge is -2.20. The van der Waals surface area contributed by atoms with Crippen molar-refractivity contribution in [2.45, 2.75) is 44.4 Å². The normalized spacial score (nSPS) is 30.1. The number of rotatable bonds is 3. The van der Waals surface area contributed by atoms with Crippen LogP contribution >= 0.6 is 0 Å². The van der Waals surface area contributed by atoms with Gasteiger partial charge < -0.3 is 15.7 Å². The van der Waals surface area contributed by atoms with Crippen molar-refractivity contribution in [1.29, 1.82) is 0 Å². The van der Waals surface area contributed by atoms with Crippen molar-refractivity contribution in [1.82, 2.24) is 10.6 Å². The SMILES string of the molecule is CNC(=O)C(C)N[C@@H]1CCC[C@H]1O. The summed E-state index contributed by atoms with van der Waals surface area (Å²) in [7, 11) is 1.62. The lowest BCUT2D eigenvalue weighted by molar-refractivity contribution is -0.122. The van der Waals surface area contributed by atoms with Crippen molar-refractivity contribution in [3.05, 3.63) is 0 Å². The molecule has 0 aromatic heterocycles. The fourth-order valence-electron chi connectivity index (χ4n) is 1.75. The molecule has 0 aromatic carbocycles. The fraction of sp³-hybridized carbons (Fsp3) is 0.889. The predicted molar refractivity (Wildman–Crippen MR) is 50.3 cm³/mol. The first-order valence-corrected chi connectivity index (χ1v) is 4.81. The lowest BCUT2D eigenvalue weighted by atomic mass is 10.2. The van der Waals surface area contributed by atoms with Gasteiger partial charge in [0.2, 0.25) is 5.91 Å². The van der Waals surface area contributed by atoms with Crippen molar-refractivity contribution < 1.29 is 9.90 Å². The van der Waals surface area contributed by atoms with E-state index in [-0.39, 0.29) is 24.1 Å². The molecule has 1 amide bonds. The van der Waals surface area contributed by atoms with E-state index in [9.17, 15) is 9.90 Å². The molecule has 0 radical (unpaired) electrons. The first-order chi connectivity index (χ1) is 6.15. The Morgan fingerprint density at radius 3 is 2.69 bits per heavy atom. The molecule has 1 fully saturated rings. The maximum atomic E-state index is 11.2. The second kappa shape index (κ2) is 4.58. The van der Waals surface area contributed by atoms with Crippen LogP contribution in [0, 0.1) is 0 Å². The maximum absolute atomic E-state index is 11.2. The number of aliphatic hydroxyl groups excluding tert-OH is 1. The molecule has 0 aromatic rings. The highest BCUT2D eigenvalue weighted by Gasteiger charge is 2.27. The third-order valence-corrected chi connectivity index (χ3v) is 2.58. The van der Waals surface area contributed by atoms with E-state index in [4.69, 9.17) is 0 Å². The summed E-state index contributed by atoms with van der Waals surface area (Å²) in [6.07, 6.45) is 2.56. The van der Waals surface area contributed by atoms with Crippen LogP contribution in [0.3, 0.4) is 0 Å². The van der Waals surface area contributed by atoms with E-state index in [1.807, 2.05) is 6.92 Å². The number of likely N-dealkylation sites (N-methyl/N-ethyl adjacent to an activating group) is 1. The molecule has 0 saturated heterocycles. The van der Waals surface area contributed by atoms with E-state index in [1.54, 1.807) is 7.05 Å². The molecule has 3 N–H and O–H groups in total. The molecule has 0 bridgehead atoms. The number of carbonyl (C=O) groups is 1. The summed E-state index contributed by atoms with van der Waals surface area (Å²) in [5, 5.41) is 15.2. The van der Waals surface area contributed by atoms with Gasteiger partial charge in [0.1, 0.15) is 0 Å². The molecule has 4 nitrogen and oxygen atoms in total. The zero-order valence-corrected chi connectivity index (χ0v) is 8.21. The van der Waals surface area contributed by atoms with Crippen LogP contribution in [0.4, 0.5) is 0 Å². The molecule has 1 rings (SSSR count). The van der Waals surface area contributed by atoms with Gasteiger partial charge in [-0.2, -0.15) is 0 Å². The molecule has 1 unspecified atom stereocenters. The Morgan fingerprint density at radius 2 is 2.23 bits per heavy atom. The monoisotopic (exact) mass is 186 g/mol. The van der Waals surface area contributed by atoms with Crippen LogP contribution in [0.15, 0.2) is 0 Å². The van der Waals surface area contributed by atoms with Crippen LogP contribution < -0.4 is 10.6 Å². The summed E-state index contributed by atoms with van der Waals surface area (Å²) < 4.78 is 0. The van der Waals surface area contributed by atoms with E-state index in [0.717, 1.165) is 19.3 Å². The smallest absolute Gasteiger partial charge is 0.236 e. The Balaban J connectivity index is 2.34. The number of hydrogen-bond donors (Lipinski definition) is 3. The van der Waals surface area contributed by atoms with Crippen molar-refractivity contribution in [3.8, 4) is 0 Å². The van der Waals surface area contributed by atoms with Crippen molar-refractivity contribution in [3.63, 3.8) is 0 Å². The molecule has 0 aliphatic heterocycles. The molecular formula is C9H18N2O2. The van der Waals surface area contributed by atoms with Gasteiger partial charge in [-0.25, -0.2) is 0 Å². The van der Waals surface area contributed by atoms with Gasteiger partial charge >= 0.3 is 0 Å². The van der Waals surface area contributed by atoms with Gasteiger partial charge in [-0.3, -0.25) is 4.79 Å². The summed E-state index contributed by atoms with van der Waals surface area (Å²) in [6, 6.07) is -0.130. The summed E-state index contributed by atoms with van der Waals surface area (Å²) >= 11 is 0. The third kappa shape index (κ3) is 2.67. The minimum atomic E-state index is -0.285. The molecule has 0 heterocycles. The van der Waals surface area contributed by atoms with E-state index in [1.165, 1.54) is 0 Å². The molecule has 76 valence electrons. The third-order valence-electron chi connectivity index (χ3n) is 2.58. The Kier molecular flexibility index (Phi) is 3.69. The summed E-state index contributed by atoms with van der Waals surface area (Å²) in [5.74, 6) is -0.0286. The minimum absolute atomic E-state index is 0.0286. The molecule has 4 heteroatoms. The summed E-state index contributed by atoms with van der Waals surface area (Å²) in [6.45, 7) is 1.81. The standard InChI is InChI=1S/C9H18N2O2/c1-6(9(13)10-2)11-7-4-3-5-8(7)12/h6-8,11-12H,3-5H2,1-2H3,(H,10,13)/t6?,7-,8-/m1/s1. The molecule has 1 aliphatic rings. The van der Waals surface area contributed by atoms with Crippen LogP contribution in [0.2, 0.25) is 0 Å². The van der Waals surface area contributed by atoms with Crippen molar-refractivity contribution in [2.24, 2.45) is 0 Å². The highest BCUT2D eigenvalue weighted by atomic mass is 16.3. The highest BCUT2D eigenvalue weighted by molar-refractivity contribution is 5.80. The van der Waals surface area contributed by atoms with Gasteiger partial charge in [0.15, 0.2) is 0 Å². The predicted octanol–water partition coefficient (Wildman–Crippen LogP) is -0.376. The topological polar surface area (TPSA) is 61.4 Å². The summed E-state index contributed by atoms with van der Waals surface area (Å²) in [5.41, 5.74) is 0. The van der Waals surface area contributed by atoms with E-state index < -0.39 is 0 Å². The van der Waals surface area contributed by atoms with Gasteiger partial charge in [0.05, 0.1) is 12.1 Å². The quantitative estimate of drug-likeness (QED) is 0.563. The molecular weight excluding hydrogens is 168 g/mol. The molecule has 1 aliphatic carbocycles. The van der Waals surface area contributed by atoms with E-state index in [0.29, 0.717) is 0 Å². The second-order valence-electron chi connectivity index (χ2n) is 3.61. The Morgan fingerprint density at radius 1 is 1.54 bits per heavy atom. The zero-order valence-electron chi connectivity index (χ0n) is 8.21. The summed E-state index contributed by atoms with van der Waals surface area (Å²) in [4.78, 5) is 11.2. The van der Waals surface area contributed by atoms with E-state index >= 15 is 0 Å². The van der Waals surface area contributed by atoms with Crippen molar-refractivity contribution >= 4 is 5.91 Å². The number of amides is 1. The number of nitrogens with one attached hydrogen (secondary N) is 2. The van der Waals surface area contributed by atoms with E-state index in [2.05, 4.69) is 10.6 Å². The lowest BCUT2D eigenvalue weighted by Crippen LogP contribution is -2.48. The Labute approximate surface area is 78.7 Å². The molecule has 13 heavy (non-hydrogen) atoms. The van der Waals surface area contributed by atoms with Gasteiger partial charge in [0.25, 0.3) is 0 Å². The van der Waals surface area contributed by atoms with Gasteiger partial charge in [-0.1, -0.05) is 0 Å². The van der Waals surface area contributed by atoms with Crippen LogP contribution in [0.5, 0.6) is 0 Å². The molecule has 0 spiro atoms. The first-order valence-electron chi connectivity index (χ1n) is 4.81. The van der Waals surface area contributed by atoms with Gasteiger partial charge in [0, 0.05) is 13.1 Å². The van der Waals surface area contributed by atoms with Crippen LogP contribution in [0.1, 0.15) is 26.2 Å². The average molecular weight is 186 g/mol. The number of carbonyl (C=O) groups excluding carboxylic acids is 1. The second-order valence-corrected chi connectivity index (χ2v) is 3.61. The maximum Gasteiger partial charge on any atom is 0.236 e. The Hall–Kier alpha value is -0.610. The van der Waals surface area contributed by atoms with Gasteiger partial charge in [-0.15, -0.1) is 0 Å². The van der Waals surface area contributed by atoms with Crippen LogP contribution in [-0.2, 0) is 4.79 Å². The zero-order chi connectivity index (χ0) is 9.84. The fourth-order valence-corrected chi connectivity index (χ4v) is 1.75. The van der Waals surface area contributed by atoms with Crippen LogP contribution in [0.25, 0.3) is 0 Å². The van der Waals surface area contributed by atoms with Crippen molar-refractivity contribution in [2.75, 3.05) is 7.05 Å². The first kappa shape index (κ1) is 10.5. The van der Waals surface area contributed by atoms with Crippen LogP contribution in [-0.4, -0.2) is 36.2 Å². The van der Waals surface area contributed by atoms with Gasteiger partial charge in [-0.05, 0) is 26.2 Å².